The minimum Gasteiger partial charge on any atom is -0.493 e. The number of ether oxygens (including phenoxy) is 2. The van der Waals surface area contributed by atoms with Crippen molar-refractivity contribution in [2.45, 2.75) is 45.7 Å². The number of hydrogen-bond donors (Lipinski definition) is 2. The second-order valence-electron chi connectivity index (χ2n) is 9.83. The third-order valence-electron chi connectivity index (χ3n) is 7.05. The van der Waals surface area contributed by atoms with Crippen molar-refractivity contribution in [2.75, 3.05) is 26.1 Å². The van der Waals surface area contributed by atoms with Crippen molar-refractivity contribution in [1.82, 2.24) is 14.5 Å². The average molecular weight is 573 g/mol. The summed E-state index contributed by atoms with van der Waals surface area (Å²) in [7, 11) is 3.14. The van der Waals surface area contributed by atoms with Gasteiger partial charge in [0.25, 0.3) is 5.56 Å². The highest BCUT2D eigenvalue weighted by Gasteiger charge is 2.16. The monoisotopic (exact) mass is 572 g/mol. The fraction of sp³-hybridized carbons (Fsp3) is 0.312. The maximum atomic E-state index is 13.4. The first-order valence-corrected chi connectivity index (χ1v) is 13.9. The first kappa shape index (κ1) is 30.1. The summed E-state index contributed by atoms with van der Waals surface area (Å²) in [5, 5.41) is 6.02. The fourth-order valence-corrected chi connectivity index (χ4v) is 4.76. The van der Waals surface area contributed by atoms with Crippen LogP contribution in [0.4, 0.5) is 5.69 Å². The van der Waals surface area contributed by atoms with Crippen molar-refractivity contribution in [1.29, 1.82) is 0 Å². The number of nitrogens with one attached hydrogen (secondary N) is 2. The summed E-state index contributed by atoms with van der Waals surface area (Å²) in [6, 6.07) is 19.8. The molecule has 0 aliphatic rings. The number of para-hydroxylation sites is 1. The molecular formula is C32H36N4O6. The van der Waals surface area contributed by atoms with Gasteiger partial charge < -0.3 is 20.1 Å². The third kappa shape index (κ3) is 7.25. The van der Waals surface area contributed by atoms with E-state index in [2.05, 4.69) is 10.6 Å². The summed E-state index contributed by atoms with van der Waals surface area (Å²) in [5.41, 5.74) is 2.10. The Morgan fingerprint density at radius 2 is 1.55 bits per heavy atom. The van der Waals surface area contributed by atoms with Gasteiger partial charge in [-0.25, -0.2) is 4.79 Å². The number of methoxy groups -OCH3 is 2. The second-order valence-corrected chi connectivity index (χ2v) is 9.83. The molecule has 0 fully saturated rings. The van der Waals surface area contributed by atoms with E-state index in [0.717, 1.165) is 22.1 Å². The maximum Gasteiger partial charge on any atom is 0.331 e. The largest absolute Gasteiger partial charge is 0.493 e. The molecule has 0 saturated carbocycles. The smallest absolute Gasteiger partial charge is 0.331 e. The van der Waals surface area contributed by atoms with Crippen LogP contribution in [0.1, 0.15) is 30.9 Å². The molecule has 1 aromatic heterocycles. The lowest BCUT2D eigenvalue weighted by Gasteiger charge is -2.14. The number of carbonyl (C=O) groups excluding carboxylic acids is 2. The highest BCUT2D eigenvalue weighted by molar-refractivity contribution is 5.91. The van der Waals surface area contributed by atoms with Crippen molar-refractivity contribution in [2.24, 2.45) is 0 Å². The lowest BCUT2D eigenvalue weighted by molar-refractivity contribution is -0.121. The molecule has 10 heteroatoms. The normalized spacial score (nSPS) is 10.8. The Hall–Kier alpha value is -4.86. The van der Waals surface area contributed by atoms with E-state index >= 15 is 0 Å². The quantitative estimate of drug-likeness (QED) is 0.253. The summed E-state index contributed by atoms with van der Waals surface area (Å²) in [5.74, 6) is 0.690. The Kier molecular flexibility index (Phi) is 10.1. The molecule has 4 aromatic rings. The molecule has 0 spiro atoms. The molecule has 0 radical (unpaired) electrons. The zero-order valence-corrected chi connectivity index (χ0v) is 24.1. The first-order chi connectivity index (χ1) is 20.3. The van der Waals surface area contributed by atoms with Crippen LogP contribution in [0.15, 0.2) is 76.3 Å². The lowest BCUT2D eigenvalue weighted by atomic mass is 10.1. The fourth-order valence-electron chi connectivity index (χ4n) is 4.76. The Labute approximate surface area is 243 Å². The molecule has 0 aliphatic carbocycles. The molecule has 3 aromatic carbocycles. The number of aryl methyl sites for hydroxylation is 1. The van der Waals surface area contributed by atoms with Gasteiger partial charge in [0.05, 0.1) is 25.1 Å². The number of nitrogens with zero attached hydrogens (tertiary/aromatic N) is 2. The molecule has 0 saturated heterocycles. The number of rotatable bonds is 13. The molecule has 0 unspecified atom stereocenters. The first-order valence-electron chi connectivity index (χ1n) is 13.9. The SMILES string of the molecule is CCc1ccc(NC(=O)Cn2c(=O)n(CCCC(=O)NCCc3ccc(OC)c(OC)c3)c(=O)c3ccccc32)cc1. The molecule has 2 N–H and O–H groups in total. The highest BCUT2D eigenvalue weighted by Crippen LogP contribution is 2.27. The zero-order valence-electron chi connectivity index (χ0n) is 24.1. The van der Waals surface area contributed by atoms with Gasteiger partial charge in [-0.15, -0.1) is 0 Å². The van der Waals surface area contributed by atoms with Gasteiger partial charge in [0, 0.05) is 25.2 Å². The van der Waals surface area contributed by atoms with Gasteiger partial charge in [0.15, 0.2) is 11.5 Å². The van der Waals surface area contributed by atoms with E-state index in [1.165, 1.54) is 4.57 Å². The summed E-state index contributed by atoms with van der Waals surface area (Å²) >= 11 is 0. The van der Waals surface area contributed by atoms with Gasteiger partial charge in [0.1, 0.15) is 6.54 Å². The summed E-state index contributed by atoms with van der Waals surface area (Å²) < 4.78 is 13.0. The molecular weight excluding hydrogens is 536 g/mol. The van der Waals surface area contributed by atoms with E-state index in [0.29, 0.717) is 41.1 Å². The number of aromatic nitrogens is 2. The number of anilines is 1. The van der Waals surface area contributed by atoms with E-state index in [-0.39, 0.29) is 37.7 Å². The summed E-state index contributed by atoms with van der Waals surface area (Å²) in [6.45, 7) is 2.26. The van der Waals surface area contributed by atoms with Crippen LogP contribution in [0.3, 0.4) is 0 Å². The van der Waals surface area contributed by atoms with Crippen molar-refractivity contribution < 1.29 is 19.1 Å². The van der Waals surface area contributed by atoms with Crippen LogP contribution in [0.25, 0.3) is 10.9 Å². The van der Waals surface area contributed by atoms with Crippen LogP contribution in [-0.2, 0) is 35.5 Å². The molecule has 42 heavy (non-hydrogen) atoms. The topological polar surface area (TPSA) is 121 Å². The third-order valence-corrected chi connectivity index (χ3v) is 7.05. The number of amides is 2. The van der Waals surface area contributed by atoms with Gasteiger partial charge in [-0.3, -0.25) is 23.5 Å². The summed E-state index contributed by atoms with van der Waals surface area (Å²) in [4.78, 5) is 51.9. The van der Waals surface area contributed by atoms with Gasteiger partial charge in [-0.1, -0.05) is 37.3 Å². The van der Waals surface area contributed by atoms with Crippen LogP contribution < -0.4 is 31.4 Å². The van der Waals surface area contributed by atoms with Gasteiger partial charge in [-0.05, 0) is 66.8 Å². The second kappa shape index (κ2) is 14.2. The van der Waals surface area contributed by atoms with E-state index in [4.69, 9.17) is 9.47 Å². The number of hydrogen-bond acceptors (Lipinski definition) is 6. The zero-order chi connectivity index (χ0) is 30.1. The van der Waals surface area contributed by atoms with Crippen LogP contribution in [0.5, 0.6) is 11.5 Å². The number of benzene rings is 3. The van der Waals surface area contributed by atoms with E-state index in [9.17, 15) is 19.2 Å². The van der Waals surface area contributed by atoms with Crippen molar-refractivity contribution in [3.8, 4) is 11.5 Å². The molecule has 1 heterocycles. The summed E-state index contributed by atoms with van der Waals surface area (Å²) in [6.07, 6.45) is 1.91. The van der Waals surface area contributed by atoms with Gasteiger partial charge in [0.2, 0.25) is 11.8 Å². The minimum absolute atomic E-state index is 0.0473. The predicted octanol–water partition coefficient (Wildman–Crippen LogP) is 3.52. The average Bonchev–Trinajstić information content (AvgIpc) is 3.01. The van der Waals surface area contributed by atoms with Crippen molar-refractivity contribution >= 4 is 28.4 Å². The van der Waals surface area contributed by atoms with Crippen LogP contribution in [0, 0.1) is 0 Å². The number of fused-ring (bicyclic) bond motifs is 1. The Morgan fingerprint density at radius 1 is 0.833 bits per heavy atom. The van der Waals surface area contributed by atoms with Crippen molar-refractivity contribution in [3.63, 3.8) is 0 Å². The van der Waals surface area contributed by atoms with Crippen LogP contribution >= 0.6 is 0 Å². The molecule has 0 atom stereocenters. The Balaban J connectivity index is 1.39. The van der Waals surface area contributed by atoms with Crippen molar-refractivity contribution in [3.05, 3.63) is 98.7 Å². The molecule has 220 valence electrons. The van der Waals surface area contributed by atoms with E-state index in [1.54, 1.807) is 38.5 Å². The molecule has 2 amide bonds. The Morgan fingerprint density at radius 3 is 2.26 bits per heavy atom. The van der Waals surface area contributed by atoms with Crippen LogP contribution in [0.2, 0.25) is 0 Å². The standard InChI is InChI=1S/C32H36N4O6/c1-4-22-11-14-24(15-12-22)34-30(38)21-36-26-9-6-5-8-25(26)31(39)35(32(36)40)19-7-10-29(37)33-18-17-23-13-16-27(41-2)28(20-23)42-3/h5-6,8-9,11-16,20H,4,7,10,17-19,21H2,1-3H3,(H,33,37)(H,34,38). The highest BCUT2D eigenvalue weighted by atomic mass is 16.5. The van der Waals surface area contributed by atoms with Gasteiger partial charge >= 0.3 is 5.69 Å². The number of carbonyl (C=O) groups is 2. The van der Waals surface area contributed by atoms with E-state index in [1.807, 2.05) is 49.4 Å². The molecule has 4 rings (SSSR count). The lowest BCUT2D eigenvalue weighted by Crippen LogP contribution is -2.42. The molecule has 10 nitrogen and oxygen atoms in total. The molecule has 0 aliphatic heterocycles. The minimum atomic E-state index is -0.593. The van der Waals surface area contributed by atoms with E-state index < -0.39 is 11.2 Å². The van der Waals surface area contributed by atoms with Crippen LogP contribution in [-0.4, -0.2) is 41.7 Å². The Bertz CT molecular complexity index is 1670. The predicted molar refractivity (Wildman–Crippen MR) is 162 cm³/mol. The van der Waals surface area contributed by atoms with Gasteiger partial charge in [-0.2, -0.15) is 0 Å². The molecule has 0 bridgehead atoms. The maximum absolute atomic E-state index is 13.4.